The number of para-hydroxylation sites is 1. The summed E-state index contributed by atoms with van der Waals surface area (Å²) in [5, 5.41) is 3.41. The Morgan fingerprint density at radius 2 is 1.56 bits per heavy atom. The minimum atomic E-state index is 0.0768. The monoisotopic (exact) mass is 361 g/mol. The van der Waals surface area contributed by atoms with Gasteiger partial charge in [0, 0.05) is 12.1 Å². The lowest BCUT2D eigenvalue weighted by atomic mass is 10.2. The number of hydrogen-bond donors (Lipinski definition) is 1. The third-order valence-corrected chi connectivity index (χ3v) is 4.37. The number of anilines is 1. The Morgan fingerprint density at radius 1 is 0.852 bits per heavy atom. The highest BCUT2D eigenvalue weighted by Gasteiger charge is 2.06. The van der Waals surface area contributed by atoms with Crippen molar-refractivity contribution in [3.8, 4) is 11.5 Å². The molecule has 0 heterocycles. The number of ether oxygens (including phenoxy) is 2. The zero-order valence-electron chi connectivity index (χ0n) is 16.0. The van der Waals surface area contributed by atoms with Gasteiger partial charge in [0.15, 0.2) is 0 Å². The van der Waals surface area contributed by atoms with Gasteiger partial charge in [-0.2, -0.15) is 0 Å². The lowest BCUT2D eigenvalue weighted by molar-refractivity contribution is 0.233. The molecule has 3 heteroatoms. The molecule has 3 nitrogen and oxygen atoms in total. The van der Waals surface area contributed by atoms with Gasteiger partial charge in [-0.15, -0.1) is 0 Å². The molecular weight excluding hydrogens is 334 g/mol. The molecule has 0 spiro atoms. The summed E-state index contributed by atoms with van der Waals surface area (Å²) in [7, 11) is 0. The van der Waals surface area contributed by atoms with Crippen molar-refractivity contribution in [2.24, 2.45) is 0 Å². The predicted octanol–water partition coefficient (Wildman–Crippen LogP) is 5.50. The van der Waals surface area contributed by atoms with E-state index in [4.69, 9.17) is 9.47 Å². The maximum atomic E-state index is 6.00. The molecule has 3 aromatic rings. The van der Waals surface area contributed by atoms with E-state index in [-0.39, 0.29) is 6.10 Å². The molecule has 1 atom stereocenters. The molecule has 1 N–H and O–H groups in total. The van der Waals surface area contributed by atoms with E-state index in [1.165, 1.54) is 5.56 Å². The number of aryl methyl sites for hydroxylation is 1. The zero-order chi connectivity index (χ0) is 18.9. The lowest BCUT2D eigenvalue weighted by Gasteiger charge is -2.17. The van der Waals surface area contributed by atoms with Crippen LogP contribution in [-0.2, 0) is 6.42 Å². The van der Waals surface area contributed by atoms with E-state index in [0.29, 0.717) is 6.61 Å². The van der Waals surface area contributed by atoms with Crippen LogP contribution < -0.4 is 14.8 Å². The van der Waals surface area contributed by atoms with Crippen molar-refractivity contribution in [1.82, 2.24) is 0 Å². The highest BCUT2D eigenvalue weighted by atomic mass is 16.5. The topological polar surface area (TPSA) is 30.5 Å². The van der Waals surface area contributed by atoms with Crippen LogP contribution in [0.15, 0.2) is 78.9 Å². The van der Waals surface area contributed by atoms with Crippen LogP contribution in [0.25, 0.3) is 0 Å². The SMILES string of the molecule is Cc1ccccc1OC(C)CNc1ccc(OCCc2ccccc2)cc1. The first-order valence-corrected chi connectivity index (χ1v) is 9.43. The molecule has 0 saturated carbocycles. The van der Waals surface area contributed by atoms with Crippen molar-refractivity contribution < 1.29 is 9.47 Å². The van der Waals surface area contributed by atoms with E-state index in [1.807, 2.05) is 48.5 Å². The van der Waals surface area contributed by atoms with E-state index in [0.717, 1.165) is 35.7 Å². The van der Waals surface area contributed by atoms with Crippen LogP contribution in [0.5, 0.6) is 11.5 Å². The molecule has 3 rings (SSSR count). The Balaban J connectivity index is 1.41. The van der Waals surface area contributed by atoms with Crippen LogP contribution >= 0.6 is 0 Å². The van der Waals surface area contributed by atoms with Crippen LogP contribution in [0.3, 0.4) is 0 Å². The summed E-state index contributed by atoms with van der Waals surface area (Å²) < 4.78 is 11.8. The van der Waals surface area contributed by atoms with Crippen molar-refractivity contribution in [3.05, 3.63) is 90.0 Å². The van der Waals surface area contributed by atoms with Gasteiger partial charge in [-0.3, -0.25) is 0 Å². The Labute approximate surface area is 162 Å². The summed E-state index contributed by atoms with van der Waals surface area (Å²) in [6, 6.07) is 26.6. The lowest BCUT2D eigenvalue weighted by Crippen LogP contribution is -2.22. The zero-order valence-corrected chi connectivity index (χ0v) is 16.0. The van der Waals surface area contributed by atoms with Gasteiger partial charge < -0.3 is 14.8 Å². The Hall–Kier alpha value is -2.94. The van der Waals surface area contributed by atoms with Crippen molar-refractivity contribution in [2.75, 3.05) is 18.5 Å². The van der Waals surface area contributed by atoms with Crippen LogP contribution in [0.2, 0.25) is 0 Å². The number of rotatable bonds is 9. The maximum absolute atomic E-state index is 6.00. The molecule has 0 saturated heterocycles. The van der Waals surface area contributed by atoms with Gasteiger partial charge in [-0.1, -0.05) is 48.5 Å². The average molecular weight is 361 g/mol. The predicted molar refractivity (Wildman–Crippen MR) is 112 cm³/mol. The van der Waals surface area contributed by atoms with Crippen LogP contribution in [0, 0.1) is 6.92 Å². The summed E-state index contributed by atoms with van der Waals surface area (Å²) in [5.41, 5.74) is 3.51. The molecule has 0 aliphatic rings. The maximum Gasteiger partial charge on any atom is 0.122 e. The van der Waals surface area contributed by atoms with Gasteiger partial charge in [0.1, 0.15) is 17.6 Å². The van der Waals surface area contributed by atoms with Crippen LogP contribution in [0.4, 0.5) is 5.69 Å². The Morgan fingerprint density at radius 3 is 2.30 bits per heavy atom. The molecule has 0 aromatic heterocycles. The van der Waals surface area contributed by atoms with Crippen LogP contribution in [-0.4, -0.2) is 19.3 Å². The highest BCUT2D eigenvalue weighted by Crippen LogP contribution is 2.19. The van der Waals surface area contributed by atoms with Gasteiger partial charge in [0.05, 0.1) is 13.2 Å². The minimum Gasteiger partial charge on any atom is -0.493 e. The second-order valence-corrected chi connectivity index (χ2v) is 6.68. The quantitative estimate of drug-likeness (QED) is 0.546. The van der Waals surface area contributed by atoms with Crippen molar-refractivity contribution in [2.45, 2.75) is 26.4 Å². The largest absolute Gasteiger partial charge is 0.493 e. The first-order chi connectivity index (χ1) is 13.2. The molecule has 0 amide bonds. The Bertz CT molecular complexity index is 815. The fraction of sp³-hybridized carbons (Fsp3) is 0.250. The fourth-order valence-corrected chi connectivity index (χ4v) is 2.81. The molecule has 0 radical (unpaired) electrons. The molecule has 27 heavy (non-hydrogen) atoms. The highest BCUT2D eigenvalue weighted by molar-refractivity contribution is 5.46. The van der Waals surface area contributed by atoms with Gasteiger partial charge >= 0.3 is 0 Å². The summed E-state index contributed by atoms with van der Waals surface area (Å²) in [4.78, 5) is 0. The van der Waals surface area contributed by atoms with Crippen LogP contribution in [0.1, 0.15) is 18.1 Å². The van der Waals surface area contributed by atoms with Crippen molar-refractivity contribution >= 4 is 5.69 Å². The second-order valence-electron chi connectivity index (χ2n) is 6.68. The van der Waals surface area contributed by atoms with Gasteiger partial charge in [0.2, 0.25) is 0 Å². The van der Waals surface area contributed by atoms with E-state index < -0.39 is 0 Å². The van der Waals surface area contributed by atoms with Crippen molar-refractivity contribution in [1.29, 1.82) is 0 Å². The molecule has 140 valence electrons. The number of hydrogen-bond acceptors (Lipinski definition) is 3. The first kappa shape index (κ1) is 18.8. The fourth-order valence-electron chi connectivity index (χ4n) is 2.81. The molecule has 0 aliphatic heterocycles. The first-order valence-electron chi connectivity index (χ1n) is 9.43. The molecule has 0 aliphatic carbocycles. The summed E-state index contributed by atoms with van der Waals surface area (Å²) in [6.45, 7) is 5.55. The summed E-state index contributed by atoms with van der Waals surface area (Å²) in [5.74, 6) is 1.83. The second kappa shape index (κ2) is 9.67. The molecule has 3 aromatic carbocycles. The summed E-state index contributed by atoms with van der Waals surface area (Å²) >= 11 is 0. The van der Waals surface area contributed by atoms with E-state index in [2.05, 4.69) is 49.5 Å². The molecule has 0 fully saturated rings. The Kier molecular flexibility index (Phi) is 6.75. The van der Waals surface area contributed by atoms with E-state index >= 15 is 0 Å². The normalized spacial score (nSPS) is 11.6. The van der Waals surface area contributed by atoms with Crippen molar-refractivity contribution in [3.63, 3.8) is 0 Å². The third-order valence-electron chi connectivity index (χ3n) is 4.37. The van der Waals surface area contributed by atoms with Gasteiger partial charge in [-0.25, -0.2) is 0 Å². The van der Waals surface area contributed by atoms with Gasteiger partial charge in [-0.05, 0) is 55.3 Å². The molecule has 1 unspecified atom stereocenters. The smallest absolute Gasteiger partial charge is 0.122 e. The molecular formula is C24H27NO2. The number of benzene rings is 3. The average Bonchev–Trinajstić information content (AvgIpc) is 2.70. The third kappa shape index (κ3) is 6.07. The minimum absolute atomic E-state index is 0.0768. The standard InChI is InChI=1S/C24H27NO2/c1-19-8-6-7-11-24(19)27-20(2)18-25-22-12-14-23(15-13-22)26-17-16-21-9-4-3-5-10-21/h3-15,20,25H,16-18H2,1-2H3. The van der Waals surface area contributed by atoms with E-state index in [9.17, 15) is 0 Å². The molecule has 0 bridgehead atoms. The van der Waals surface area contributed by atoms with E-state index in [1.54, 1.807) is 0 Å². The number of nitrogens with one attached hydrogen (secondary N) is 1. The summed E-state index contributed by atoms with van der Waals surface area (Å²) in [6.07, 6.45) is 0.988. The van der Waals surface area contributed by atoms with Gasteiger partial charge in [0.25, 0.3) is 0 Å².